The van der Waals surface area contributed by atoms with Gasteiger partial charge in [-0.25, -0.2) is 4.98 Å². The highest BCUT2D eigenvalue weighted by Crippen LogP contribution is 2.37. The Morgan fingerprint density at radius 1 is 0.727 bits per heavy atom. The summed E-state index contributed by atoms with van der Waals surface area (Å²) in [5.41, 5.74) is 4.43. The number of rotatable bonds is 14. The number of carbonyl (C=O) groups excluding carboxylic acids is 3. The molecular formula is C44H34N4O4S3. The molecule has 7 aromatic rings. The van der Waals surface area contributed by atoms with Crippen molar-refractivity contribution < 1.29 is 19.1 Å². The van der Waals surface area contributed by atoms with Gasteiger partial charge in [0.25, 0.3) is 11.8 Å². The molecule has 0 spiro atoms. The Hall–Kier alpha value is -6.27. The zero-order valence-electron chi connectivity index (χ0n) is 29.3. The summed E-state index contributed by atoms with van der Waals surface area (Å²) in [4.78, 5) is 47.1. The highest BCUT2D eigenvalue weighted by Gasteiger charge is 2.24. The Morgan fingerprint density at radius 3 is 2.11 bits per heavy atom. The number of hydrogen-bond acceptors (Lipinski definition) is 8. The van der Waals surface area contributed by atoms with E-state index in [0.717, 1.165) is 26.6 Å². The number of carbonyl (C=O) groups is 3. The second-order valence-electron chi connectivity index (χ2n) is 12.1. The minimum Gasteiger partial charge on any atom is -0.489 e. The van der Waals surface area contributed by atoms with Crippen molar-refractivity contribution in [1.82, 2.24) is 10.3 Å². The molecule has 1 unspecified atom stereocenters. The lowest BCUT2D eigenvalue weighted by molar-refractivity contribution is -0.116. The minimum atomic E-state index is -0.561. The normalized spacial score (nSPS) is 11.7. The summed E-state index contributed by atoms with van der Waals surface area (Å²) in [5, 5.41) is 12.6. The van der Waals surface area contributed by atoms with Gasteiger partial charge in [-0.3, -0.25) is 14.4 Å². The van der Waals surface area contributed by atoms with Crippen molar-refractivity contribution >= 4 is 69.1 Å². The van der Waals surface area contributed by atoms with E-state index in [4.69, 9.17) is 4.74 Å². The SMILES string of the molecule is O=C(Nc1ccc(SC(C(=O)Nc2nc(-c3cccs3)cs2)c2ccccc2)cc1)/C(=C/c1ccc(OCc2ccccc2)cc1)NC(=O)c1ccccc1. The van der Waals surface area contributed by atoms with Gasteiger partial charge in [0, 0.05) is 21.5 Å². The van der Waals surface area contributed by atoms with Gasteiger partial charge in [-0.05, 0) is 82.7 Å². The van der Waals surface area contributed by atoms with Crippen LogP contribution in [0.5, 0.6) is 5.75 Å². The van der Waals surface area contributed by atoms with Crippen LogP contribution in [0.1, 0.15) is 32.3 Å². The lowest BCUT2D eigenvalue weighted by atomic mass is 10.1. The van der Waals surface area contributed by atoms with E-state index in [0.29, 0.717) is 34.3 Å². The maximum absolute atomic E-state index is 13.7. The monoisotopic (exact) mass is 778 g/mol. The van der Waals surface area contributed by atoms with Gasteiger partial charge in [-0.2, -0.15) is 0 Å². The molecule has 272 valence electrons. The van der Waals surface area contributed by atoms with Crippen molar-refractivity contribution in [3.8, 4) is 16.3 Å². The van der Waals surface area contributed by atoms with Crippen LogP contribution in [0.4, 0.5) is 10.8 Å². The van der Waals surface area contributed by atoms with E-state index < -0.39 is 17.1 Å². The molecule has 3 N–H and O–H groups in total. The van der Waals surface area contributed by atoms with Gasteiger partial charge in [-0.1, -0.05) is 97.1 Å². The van der Waals surface area contributed by atoms with Crippen LogP contribution in [0.15, 0.2) is 173 Å². The molecule has 0 saturated carbocycles. The highest BCUT2D eigenvalue weighted by atomic mass is 32.2. The van der Waals surface area contributed by atoms with Gasteiger partial charge >= 0.3 is 0 Å². The molecule has 0 aliphatic carbocycles. The number of aromatic nitrogens is 1. The average Bonchev–Trinajstić information content (AvgIpc) is 3.94. The van der Waals surface area contributed by atoms with Gasteiger partial charge in [0.05, 0.1) is 10.6 Å². The van der Waals surface area contributed by atoms with Crippen LogP contribution in [0.25, 0.3) is 16.6 Å². The summed E-state index contributed by atoms with van der Waals surface area (Å²) >= 11 is 4.38. The van der Waals surface area contributed by atoms with E-state index in [9.17, 15) is 14.4 Å². The second kappa shape index (κ2) is 18.2. The van der Waals surface area contributed by atoms with Crippen molar-refractivity contribution in [3.63, 3.8) is 0 Å². The molecule has 0 aliphatic heterocycles. The first-order valence-corrected chi connectivity index (χ1v) is 19.9. The predicted octanol–water partition coefficient (Wildman–Crippen LogP) is 10.3. The van der Waals surface area contributed by atoms with Crippen molar-refractivity contribution in [1.29, 1.82) is 0 Å². The number of thioether (sulfide) groups is 1. The maximum atomic E-state index is 13.7. The summed E-state index contributed by atoms with van der Waals surface area (Å²) in [5.74, 6) is -0.430. The van der Waals surface area contributed by atoms with Crippen molar-refractivity contribution in [3.05, 3.63) is 190 Å². The lowest BCUT2D eigenvalue weighted by Gasteiger charge is -2.17. The first kappa shape index (κ1) is 37.1. The van der Waals surface area contributed by atoms with E-state index in [1.807, 2.05) is 126 Å². The predicted molar refractivity (Wildman–Crippen MR) is 223 cm³/mol. The summed E-state index contributed by atoms with van der Waals surface area (Å²) in [6.07, 6.45) is 1.62. The number of hydrogen-bond donors (Lipinski definition) is 3. The molecule has 0 fully saturated rings. The third-order valence-corrected chi connectivity index (χ3v) is 11.1. The molecule has 3 amide bonds. The largest absolute Gasteiger partial charge is 0.489 e. The van der Waals surface area contributed by atoms with Crippen LogP contribution in [0.2, 0.25) is 0 Å². The Labute approximate surface area is 331 Å². The summed E-state index contributed by atoms with van der Waals surface area (Å²) in [7, 11) is 0. The van der Waals surface area contributed by atoms with Gasteiger partial charge in [-0.15, -0.1) is 34.4 Å². The van der Waals surface area contributed by atoms with Crippen LogP contribution in [-0.4, -0.2) is 22.7 Å². The molecule has 11 heteroatoms. The number of anilines is 2. The Balaban J connectivity index is 1.05. The Kier molecular flexibility index (Phi) is 12.2. The molecule has 1 atom stereocenters. The standard InChI is InChI=1S/C44H34N4O4S3/c49-41(33-15-8-3-9-16-33)46-37(27-30-18-22-35(23-19-30)52-28-31-11-4-1-5-12-31)42(50)45-34-20-24-36(25-21-34)55-40(32-13-6-2-7-14-32)43(51)48-44-47-38(29-54-44)39-17-10-26-53-39/h1-27,29,40H,28H2,(H,45,50)(H,46,49)(H,47,48,51)/b37-27-. The first-order valence-electron chi connectivity index (χ1n) is 17.2. The molecule has 2 aromatic heterocycles. The summed E-state index contributed by atoms with van der Waals surface area (Å²) < 4.78 is 5.92. The molecule has 0 radical (unpaired) electrons. The zero-order chi connectivity index (χ0) is 37.8. The minimum absolute atomic E-state index is 0.0653. The number of nitrogens with zero attached hydrogens (tertiary/aromatic N) is 1. The summed E-state index contributed by atoms with van der Waals surface area (Å²) in [6, 6.07) is 46.7. The zero-order valence-corrected chi connectivity index (χ0v) is 31.7. The Bertz CT molecular complexity index is 2370. The van der Waals surface area contributed by atoms with Crippen LogP contribution >= 0.6 is 34.4 Å². The average molecular weight is 779 g/mol. The highest BCUT2D eigenvalue weighted by molar-refractivity contribution is 8.00. The molecule has 55 heavy (non-hydrogen) atoms. The van der Waals surface area contributed by atoms with Crippen molar-refractivity contribution in [2.24, 2.45) is 0 Å². The fraction of sp³-hybridized carbons (Fsp3) is 0.0455. The second-order valence-corrected chi connectivity index (χ2v) is 15.1. The number of thiophene rings is 1. The third kappa shape index (κ3) is 10.2. The van der Waals surface area contributed by atoms with Crippen molar-refractivity contribution in [2.75, 3.05) is 10.6 Å². The van der Waals surface area contributed by atoms with Crippen LogP contribution in [0.3, 0.4) is 0 Å². The number of thiazole rings is 1. The topological polar surface area (TPSA) is 109 Å². The fourth-order valence-electron chi connectivity index (χ4n) is 5.40. The number of nitrogens with one attached hydrogen (secondary N) is 3. The van der Waals surface area contributed by atoms with Crippen LogP contribution in [-0.2, 0) is 16.2 Å². The molecule has 8 nitrogen and oxygen atoms in total. The molecule has 0 bridgehead atoms. The number of amides is 3. The number of ether oxygens (including phenoxy) is 1. The van der Waals surface area contributed by atoms with Gasteiger partial charge in [0.15, 0.2) is 5.13 Å². The van der Waals surface area contributed by atoms with E-state index in [1.165, 1.54) is 23.1 Å². The third-order valence-electron chi connectivity index (χ3n) is 8.18. The van der Waals surface area contributed by atoms with Crippen LogP contribution < -0.4 is 20.7 Å². The maximum Gasteiger partial charge on any atom is 0.272 e. The molecule has 0 aliphatic rings. The van der Waals surface area contributed by atoms with Gasteiger partial charge in [0.1, 0.15) is 23.3 Å². The number of benzene rings is 5. The smallest absolute Gasteiger partial charge is 0.272 e. The van der Waals surface area contributed by atoms with Crippen LogP contribution in [0, 0.1) is 0 Å². The van der Waals surface area contributed by atoms with Gasteiger partial charge in [0.2, 0.25) is 5.91 Å². The van der Waals surface area contributed by atoms with E-state index in [2.05, 4.69) is 20.9 Å². The van der Waals surface area contributed by atoms with Gasteiger partial charge < -0.3 is 20.7 Å². The lowest BCUT2D eigenvalue weighted by Crippen LogP contribution is -2.30. The Morgan fingerprint density at radius 2 is 1.42 bits per heavy atom. The van der Waals surface area contributed by atoms with E-state index in [-0.39, 0.29) is 11.6 Å². The van der Waals surface area contributed by atoms with E-state index in [1.54, 1.807) is 53.8 Å². The van der Waals surface area contributed by atoms with Crippen molar-refractivity contribution in [2.45, 2.75) is 16.8 Å². The molecule has 0 saturated heterocycles. The molecular weight excluding hydrogens is 745 g/mol. The molecule has 2 heterocycles. The quantitative estimate of drug-likeness (QED) is 0.0749. The molecule has 7 rings (SSSR count). The first-order chi connectivity index (χ1) is 27.0. The summed E-state index contributed by atoms with van der Waals surface area (Å²) in [6.45, 7) is 0.428. The molecule has 5 aromatic carbocycles. The van der Waals surface area contributed by atoms with E-state index >= 15 is 0 Å². The fourth-order valence-corrected chi connectivity index (χ4v) is 7.90.